The molecule has 0 aromatic carbocycles. The van der Waals surface area contributed by atoms with Gasteiger partial charge in [-0.25, -0.2) is 4.79 Å². The van der Waals surface area contributed by atoms with Gasteiger partial charge < -0.3 is 24.5 Å². The van der Waals surface area contributed by atoms with E-state index >= 15 is 0 Å². The summed E-state index contributed by atoms with van der Waals surface area (Å²) in [6, 6.07) is 0. The Hall–Kier alpha value is -1.74. The maximum Gasteiger partial charge on any atom is 0.334 e. The van der Waals surface area contributed by atoms with Crippen LogP contribution in [0.1, 0.15) is 48.5 Å². The van der Waals surface area contributed by atoms with Crippen molar-refractivity contribution < 1.29 is 34.1 Å². The molecule has 0 bridgehead atoms. The Morgan fingerprint density at radius 3 is 2.28 bits per heavy atom. The summed E-state index contributed by atoms with van der Waals surface area (Å²) >= 11 is 0. The third kappa shape index (κ3) is 5.98. The summed E-state index contributed by atoms with van der Waals surface area (Å²) in [5.41, 5.74) is -2.38. The van der Waals surface area contributed by atoms with Crippen LogP contribution >= 0.6 is 0 Å². The van der Waals surface area contributed by atoms with Gasteiger partial charge in [0.15, 0.2) is 8.32 Å². The highest BCUT2D eigenvalue weighted by molar-refractivity contribution is 6.74. The van der Waals surface area contributed by atoms with Crippen LogP contribution in [0.4, 0.5) is 0 Å². The summed E-state index contributed by atoms with van der Waals surface area (Å²) in [5.74, 6) is -3.50. The van der Waals surface area contributed by atoms with Gasteiger partial charge in [0.25, 0.3) is 0 Å². The van der Waals surface area contributed by atoms with Gasteiger partial charge in [-0.1, -0.05) is 52.8 Å². The fraction of sp³-hybridized carbons (Fsp3) is 0.667. The van der Waals surface area contributed by atoms with E-state index in [4.69, 9.17) is 9.16 Å². The molecule has 0 aromatic rings. The van der Waals surface area contributed by atoms with E-state index < -0.39 is 49.6 Å². The predicted octanol–water partition coefficient (Wildman–Crippen LogP) is 3.83. The third-order valence-corrected chi connectivity index (χ3v) is 10.7. The van der Waals surface area contributed by atoms with Crippen LogP contribution in [0.15, 0.2) is 35.5 Å². The number of carboxylic acids is 1. The first kappa shape index (κ1) is 28.3. The van der Waals surface area contributed by atoms with Crippen molar-refractivity contribution in [2.75, 3.05) is 6.61 Å². The minimum atomic E-state index is -2.44. The lowest BCUT2D eigenvalue weighted by Crippen LogP contribution is -2.63. The van der Waals surface area contributed by atoms with Crippen molar-refractivity contribution in [2.24, 2.45) is 11.8 Å². The molecule has 3 N–H and O–H groups in total. The van der Waals surface area contributed by atoms with Crippen LogP contribution in [-0.4, -0.2) is 60.0 Å². The van der Waals surface area contributed by atoms with E-state index in [9.17, 15) is 24.9 Å². The van der Waals surface area contributed by atoms with Crippen molar-refractivity contribution in [3.8, 4) is 0 Å². The van der Waals surface area contributed by atoms with Crippen LogP contribution in [0, 0.1) is 11.8 Å². The summed E-state index contributed by atoms with van der Waals surface area (Å²) in [6.07, 6.45) is 3.30. The molecule has 0 spiro atoms. The Bertz CT molecular complexity index is 789. The molecule has 1 rings (SSSR count). The van der Waals surface area contributed by atoms with Gasteiger partial charge in [-0.15, -0.1) is 0 Å². The molecule has 7 nitrogen and oxygen atoms in total. The van der Waals surface area contributed by atoms with Gasteiger partial charge in [-0.2, -0.15) is 0 Å². The zero-order valence-corrected chi connectivity index (χ0v) is 21.8. The summed E-state index contributed by atoms with van der Waals surface area (Å²) in [6.45, 7) is 17.4. The number of aliphatic hydroxyl groups is 2. The van der Waals surface area contributed by atoms with Gasteiger partial charge in [-0.05, 0) is 49.5 Å². The monoisotopic (exact) mass is 468 g/mol. The van der Waals surface area contributed by atoms with E-state index in [1.54, 1.807) is 19.9 Å². The molecule has 0 fully saturated rings. The summed E-state index contributed by atoms with van der Waals surface area (Å²) in [4.78, 5) is 25.0. The topological polar surface area (TPSA) is 113 Å². The Labute approximate surface area is 192 Å². The van der Waals surface area contributed by atoms with Crippen molar-refractivity contribution in [2.45, 2.75) is 84.4 Å². The first-order chi connectivity index (χ1) is 14.5. The summed E-state index contributed by atoms with van der Waals surface area (Å²) in [7, 11) is -2.41. The van der Waals surface area contributed by atoms with Gasteiger partial charge in [0.1, 0.15) is 17.6 Å². The number of carbonyl (C=O) groups is 2. The third-order valence-electron chi connectivity index (χ3n) is 6.28. The van der Waals surface area contributed by atoms with Crippen molar-refractivity contribution in [1.82, 2.24) is 0 Å². The Kier molecular flexibility index (Phi) is 9.25. The maximum atomic E-state index is 12.8. The molecule has 0 saturated heterocycles. The first-order valence-electron chi connectivity index (χ1n) is 11.1. The number of rotatable bonds is 8. The SMILES string of the molecule is CCOC(=O)[C@@H]1C=C(C)[C@@H](O[Si](C)(C)C(C)(C)C)[C@@H](O)[C@@]1(O)/C(=C\C=C\C(C)C)C(=O)O. The number of hydrogen-bond acceptors (Lipinski definition) is 6. The quantitative estimate of drug-likeness (QED) is 0.163. The second kappa shape index (κ2) is 10.5. The highest BCUT2D eigenvalue weighted by Crippen LogP contribution is 2.44. The van der Waals surface area contributed by atoms with Gasteiger partial charge in [0.2, 0.25) is 0 Å². The van der Waals surface area contributed by atoms with E-state index in [0.717, 1.165) is 0 Å². The molecule has 0 heterocycles. The molecule has 0 aliphatic heterocycles. The molecule has 0 aromatic heterocycles. The zero-order valence-electron chi connectivity index (χ0n) is 20.8. The molecule has 1 aliphatic carbocycles. The number of hydrogen-bond donors (Lipinski definition) is 3. The molecule has 182 valence electrons. The molecular weight excluding hydrogens is 428 g/mol. The minimum Gasteiger partial charge on any atom is -0.478 e. The van der Waals surface area contributed by atoms with Crippen LogP contribution in [0.25, 0.3) is 0 Å². The summed E-state index contributed by atoms with van der Waals surface area (Å²) in [5, 5.41) is 32.9. The Morgan fingerprint density at radius 2 is 1.84 bits per heavy atom. The maximum absolute atomic E-state index is 12.8. The fourth-order valence-corrected chi connectivity index (χ4v) is 4.66. The van der Waals surface area contributed by atoms with Crippen LogP contribution in [0.3, 0.4) is 0 Å². The van der Waals surface area contributed by atoms with E-state index in [2.05, 4.69) is 0 Å². The normalized spacial score (nSPS) is 27.6. The number of allylic oxidation sites excluding steroid dienone is 3. The van der Waals surface area contributed by atoms with E-state index in [0.29, 0.717) is 5.57 Å². The highest BCUT2D eigenvalue weighted by atomic mass is 28.4. The lowest BCUT2D eigenvalue weighted by molar-refractivity contribution is -0.170. The predicted molar refractivity (Wildman–Crippen MR) is 127 cm³/mol. The van der Waals surface area contributed by atoms with Gasteiger partial charge in [-0.3, -0.25) is 4.79 Å². The Morgan fingerprint density at radius 1 is 1.28 bits per heavy atom. The van der Waals surface area contributed by atoms with Crippen molar-refractivity contribution in [3.05, 3.63) is 35.5 Å². The lowest BCUT2D eigenvalue weighted by atomic mass is 9.69. The van der Waals surface area contributed by atoms with E-state index in [-0.39, 0.29) is 17.6 Å². The van der Waals surface area contributed by atoms with Gasteiger partial charge in [0, 0.05) is 0 Å². The van der Waals surface area contributed by atoms with Gasteiger partial charge >= 0.3 is 11.9 Å². The van der Waals surface area contributed by atoms with Crippen LogP contribution in [0.5, 0.6) is 0 Å². The van der Waals surface area contributed by atoms with Gasteiger partial charge in [0.05, 0.1) is 18.3 Å². The molecule has 32 heavy (non-hydrogen) atoms. The largest absolute Gasteiger partial charge is 0.478 e. The zero-order chi connectivity index (χ0) is 25.1. The van der Waals surface area contributed by atoms with Crippen molar-refractivity contribution in [1.29, 1.82) is 0 Å². The average Bonchev–Trinajstić information content (AvgIpc) is 2.64. The number of aliphatic hydroxyl groups excluding tert-OH is 1. The molecule has 1 aliphatic rings. The lowest BCUT2D eigenvalue weighted by Gasteiger charge is -2.48. The molecule has 0 radical (unpaired) electrons. The number of aliphatic carboxylic acids is 1. The minimum absolute atomic E-state index is 0.0532. The smallest absolute Gasteiger partial charge is 0.334 e. The first-order valence-corrected chi connectivity index (χ1v) is 14.0. The number of carbonyl (C=O) groups excluding carboxylic acids is 1. The molecule has 4 atom stereocenters. The standard InChI is InChI=1S/C24H40O7Si/c1-10-30-22(28)18-14-16(4)19(31-32(8,9)23(5,6)7)20(25)24(18,29)17(21(26)27)13-11-12-15(2)3/h11-15,18-20,25,29H,10H2,1-9H3,(H,26,27)/b12-11+,17-13-/t18-,19+,20+,24+/m0/s1. The van der Waals surface area contributed by atoms with E-state index in [1.807, 2.05) is 47.7 Å². The second-order valence-electron chi connectivity index (χ2n) is 10.2. The number of carboxylic acid groups (broad SMARTS) is 1. The van der Waals surface area contributed by atoms with Crippen LogP contribution < -0.4 is 0 Å². The second-order valence-corrected chi connectivity index (χ2v) is 15.0. The highest BCUT2D eigenvalue weighted by Gasteiger charge is 2.58. The Balaban J connectivity index is 3.70. The summed E-state index contributed by atoms with van der Waals surface area (Å²) < 4.78 is 11.5. The number of ether oxygens (including phenoxy) is 1. The van der Waals surface area contributed by atoms with Crippen LogP contribution in [0.2, 0.25) is 18.1 Å². The van der Waals surface area contributed by atoms with Crippen molar-refractivity contribution in [3.63, 3.8) is 0 Å². The molecule has 0 saturated carbocycles. The molecule has 8 heteroatoms. The molecule has 0 amide bonds. The fourth-order valence-electron chi connectivity index (χ4n) is 3.36. The van der Waals surface area contributed by atoms with E-state index in [1.165, 1.54) is 18.2 Å². The average molecular weight is 469 g/mol. The molecule has 0 unspecified atom stereocenters. The van der Waals surface area contributed by atoms with Crippen LogP contribution in [-0.2, 0) is 18.8 Å². The van der Waals surface area contributed by atoms with Crippen molar-refractivity contribution >= 4 is 20.3 Å². The number of esters is 1. The molecular formula is C24H40O7Si.